The number of likely N-dealkylation sites (N-methyl/N-ethyl adjacent to an activating group) is 1. The van der Waals surface area contributed by atoms with E-state index < -0.39 is 24.1 Å². The molecule has 1 N–H and O–H groups in total. The maximum atomic E-state index is 12.0. The number of alkyl halides is 3. The first-order valence-corrected chi connectivity index (χ1v) is 11.2. The van der Waals surface area contributed by atoms with Gasteiger partial charge in [0.2, 0.25) is 0 Å². The van der Waals surface area contributed by atoms with E-state index in [9.17, 15) is 23.1 Å². The van der Waals surface area contributed by atoms with Crippen LogP contribution in [0.4, 0.5) is 13.2 Å². The summed E-state index contributed by atoms with van der Waals surface area (Å²) in [6.07, 6.45) is 0.533. The second kappa shape index (κ2) is 14.1. The highest BCUT2D eigenvalue weighted by molar-refractivity contribution is 7.92. The summed E-state index contributed by atoms with van der Waals surface area (Å²) in [6.45, 7) is 2.51. The molecule has 0 bridgehead atoms. The number of carboxylic acids is 1. The molecular formula is C19H35F3N2O5S2. The number of rotatable bonds is 12. The second-order valence-electron chi connectivity index (χ2n) is 7.94. The molecule has 7 nitrogen and oxygen atoms in total. The summed E-state index contributed by atoms with van der Waals surface area (Å²) in [4.78, 5) is 11.8. The summed E-state index contributed by atoms with van der Waals surface area (Å²) in [7, 11) is 1.74. The lowest BCUT2D eigenvalue weighted by atomic mass is 9.90. The van der Waals surface area contributed by atoms with Crippen molar-refractivity contribution in [3.8, 4) is 0 Å². The van der Waals surface area contributed by atoms with E-state index in [-0.39, 0.29) is 20.1 Å². The molecule has 184 valence electrons. The van der Waals surface area contributed by atoms with Crippen LogP contribution in [0.2, 0.25) is 0 Å². The molecule has 2 aliphatic rings. The zero-order valence-corrected chi connectivity index (χ0v) is 19.8. The SMILES string of the molecule is CN(SON1CCC(CCCCOCCC(F)(F)F)CC1)C1(C(=O)O)CCOCC1.S. The molecule has 0 aliphatic carbocycles. The van der Waals surface area contributed by atoms with Crippen molar-refractivity contribution in [2.75, 3.05) is 46.6 Å². The summed E-state index contributed by atoms with van der Waals surface area (Å²) < 4.78 is 53.9. The molecule has 0 aromatic carbocycles. The van der Waals surface area contributed by atoms with Gasteiger partial charge in [0, 0.05) is 52.8 Å². The Morgan fingerprint density at radius 2 is 1.87 bits per heavy atom. The number of ether oxygens (including phenoxy) is 2. The highest BCUT2D eigenvalue weighted by Gasteiger charge is 2.45. The zero-order chi connectivity index (χ0) is 22.0. The maximum Gasteiger partial charge on any atom is 0.391 e. The van der Waals surface area contributed by atoms with Gasteiger partial charge in [0.05, 0.1) is 13.0 Å². The number of hydrogen-bond acceptors (Lipinski definition) is 7. The van der Waals surface area contributed by atoms with Gasteiger partial charge >= 0.3 is 12.1 Å². The molecular weight excluding hydrogens is 457 g/mol. The molecule has 0 radical (unpaired) electrons. The third kappa shape index (κ3) is 10.1. The van der Waals surface area contributed by atoms with Crippen LogP contribution in [0.5, 0.6) is 0 Å². The fourth-order valence-corrected chi connectivity index (χ4v) is 4.49. The Hall–Kier alpha value is -0.240. The van der Waals surface area contributed by atoms with Crippen LogP contribution in [-0.4, -0.2) is 78.7 Å². The van der Waals surface area contributed by atoms with Crippen LogP contribution in [0, 0.1) is 5.92 Å². The molecule has 0 spiro atoms. The average Bonchev–Trinajstić information content (AvgIpc) is 2.71. The Balaban J connectivity index is 0.00000480. The van der Waals surface area contributed by atoms with Gasteiger partial charge in [-0.3, -0.25) is 4.79 Å². The van der Waals surface area contributed by atoms with Crippen molar-refractivity contribution in [1.29, 1.82) is 0 Å². The van der Waals surface area contributed by atoms with E-state index in [0.717, 1.165) is 57.4 Å². The summed E-state index contributed by atoms with van der Waals surface area (Å²) >= 11 is 1.07. The quantitative estimate of drug-likeness (QED) is 0.249. The molecule has 0 unspecified atom stereocenters. The first kappa shape index (κ1) is 28.8. The monoisotopic (exact) mass is 492 g/mol. The normalized spacial score (nSPS) is 20.5. The van der Waals surface area contributed by atoms with Crippen molar-refractivity contribution in [1.82, 2.24) is 9.37 Å². The van der Waals surface area contributed by atoms with Gasteiger partial charge in [-0.2, -0.15) is 31.7 Å². The molecule has 0 aromatic rings. The molecule has 0 amide bonds. The van der Waals surface area contributed by atoms with E-state index in [1.54, 1.807) is 11.4 Å². The van der Waals surface area contributed by atoms with Crippen LogP contribution in [-0.2, 0) is 18.6 Å². The average molecular weight is 493 g/mol. The van der Waals surface area contributed by atoms with Crippen molar-refractivity contribution >= 4 is 31.7 Å². The summed E-state index contributed by atoms with van der Waals surface area (Å²) in [5.74, 6) is -0.283. The molecule has 0 atom stereocenters. The minimum Gasteiger partial charge on any atom is -0.480 e. The summed E-state index contributed by atoms with van der Waals surface area (Å²) in [5.41, 5.74) is -0.969. The van der Waals surface area contributed by atoms with E-state index in [0.29, 0.717) is 38.6 Å². The Kier molecular flexibility index (Phi) is 13.1. The molecule has 2 aliphatic heterocycles. The number of aliphatic carboxylic acids is 1. The van der Waals surface area contributed by atoms with Crippen LogP contribution in [0.15, 0.2) is 0 Å². The first-order chi connectivity index (χ1) is 14.2. The molecule has 31 heavy (non-hydrogen) atoms. The number of halogens is 3. The fourth-order valence-electron chi connectivity index (χ4n) is 3.74. The lowest BCUT2D eigenvalue weighted by Gasteiger charge is -2.40. The van der Waals surface area contributed by atoms with Gasteiger partial charge in [-0.15, -0.1) is 0 Å². The van der Waals surface area contributed by atoms with Crippen molar-refractivity contribution in [3.05, 3.63) is 0 Å². The van der Waals surface area contributed by atoms with Crippen LogP contribution in [0.1, 0.15) is 51.4 Å². The number of hydrogen-bond donors (Lipinski definition) is 1. The van der Waals surface area contributed by atoms with Crippen LogP contribution < -0.4 is 0 Å². The van der Waals surface area contributed by atoms with E-state index in [1.165, 1.54) is 0 Å². The lowest BCUT2D eigenvalue weighted by Crippen LogP contribution is -2.53. The molecule has 12 heteroatoms. The van der Waals surface area contributed by atoms with Crippen LogP contribution in [0.25, 0.3) is 0 Å². The smallest absolute Gasteiger partial charge is 0.391 e. The third-order valence-electron chi connectivity index (χ3n) is 5.83. The molecule has 2 fully saturated rings. The third-order valence-corrected chi connectivity index (χ3v) is 6.68. The summed E-state index contributed by atoms with van der Waals surface area (Å²) in [6, 6.07) is 0. The highest BCUT2D eigenvalue weighted by atomic mass is 32.2. The van der Waals surface area contributed by atoms with Gasteiger partial charge in [0.15, 0.2) is 0 Å². The standard InChI is InChI=1S/C19H33F3N2O5S.H2S/c1-23(18(17(25)26)7-13-28-14-8-18)30-29-24-10-5-16(6-11-24)4-2-3-12-27-15-9-19(20,21)22;/h16H,2-15H2,1H3,(H,25,26);1H2. The van der Waals surface area contributed by atoms with Gasteiger partial charge < -0.3 is 14.6 Å². The lowest BCUT2D eigenvalue weighted by molar-refractivity contribution is -0.153. The van der Waals surface area contributed by atoms with Crippen molar-refractivity contribution in [2.45, 2.75) is 63.1 Å². The van der Waals surface area contributed by atoms with Gasteiger partial charge in [0.25, 0.3) is 0 Å². The maximum absolute atomic E-state index is 12.0. The Bertz CT molecular complexity index is 517. The largest absolute Gasteiger partial charge is 0.480 e. The zero-order valence-electron chi connectivity index (χ0n) is 18.0. The molecule has 2 rings (SSSR count). The van der Waals surface area contributed by atoms with E-state index in [2.05, 4.69) is 0 Å². The fraction of sp³-hybridized carbons (Fsp3) is 0.947. The number of piperidine rings is 1. The summed E-state index contributed by atoms with van der Waals surface area (Å²) in [5, 5.41) is 11.5. The molecule has 2 saturated heterocycles. The Morgan fingerprint density at radius 3 is 2.45 bits per heavy atom. The van der Waals surface area contributed by atoms with Gasteiger partial charge in [-0.25, -0.2) is 8.59 Å². The van der Waals surface area contributed by atoms with Gasteiger partial charge in [0.1, 0.15) is 17.8 Å². The number of carbonyl (C=O) groups is 1. The van der Waals surface area contributed by atoms with Crippen molar-refractivity contribution in [2.24, 2.45) is 5.92 Å². The van der Waals surface area contributed by atoms with Crippen molar-refractivity contribution in [3.63, 3.8) is 0 Å². The minimum atomic E-state index is -4.15. The number of hydroxylamine groups is 2. The topological polar surface area (TPSA) is 71.5 Å². The van der Waals surface area contributed by atoms with Crippen molar-refractivity contribution < 1.29 is 36.8 Å². The predicted molar refractivity (Wildman–Crippen MR) is 117 cm³/mol. The number of nitrogens with zero attached hydrogens (tertiary/aromatic N) is 2. The Labute approximate surface area is 193 Å². The first-order valence-electron chi connectivity index (χ1n) is 10.5. The molecule has 2 heterocycles. The minimum absolute atomic E-state index is 0. The Morgan fingerprint density at radius 1 is 1.23 bits per heavy atom. The predicted octanol–water partition coefficient (Wildman–Crippen LogP) is 4.01. The van der Waals surface area contributed by atoms with Crippen LogP contribution in [0.3, 0.4) is 0 Å². The molecule has 0 aromatic heterocycles. The highest BCUT2D eigenvalue weighted by Crippen LogP contribution is 2.34. The van der Waals surface area contributed by atoms with Gasteiger partial charge in [-0.1, -0.05) is 12.8 Å². The molecule has 0 saturated carbocycles. The van der Waals surface area contributed by atoms with Crippen LogP contribution >= 0.6 is 25.7 Å². The number of carboxylic acid groups (broad SMARTS) is 1. The van der Waals surface area contributed by atoms with E-state index >= 15 is 0 Å². The second-order valence-corrected chi connectivity index (χ2v) is 8.79. The van der Waals surface area contributed by atoms with E-state index in [4.69, 9.17) is 13.8 Å². The van der Waals surface area contributed by atoms with E-state index in [1.807, 2.05) is 5.06 Å². The van der Waals surface area contributed by atoms with Gasteiger partial charge in [-0.05, 0) is 25.2 Å². The number of unbranched alkanes of at least 4 members (excludes halogenated alkanes) is 1.